The number of rotatable bonds is 6. The van der Waals surface area contributed by atoms with Crippen LogP contribution < -0.4 is 5.73 Å². The van der Waals surface area contributed by atoms with Crippen LogP contribution in [0.2, 0.25) is 0 Å². The average Bonchev–Trinajstić information content (AvgIpc) is 2.72. The summed E-state index contributed by atoms with van der Waals surface area (Å²) in [5.74, 6) is -0.137. The molecule has 1 aromatic carbocycles. The van der Waals surface area contributed by atoms with Gasteiger partial charge in [0.25, 0.3) is 0 Å². The van der Waals surface area contributed by atoms with E-state index in [9.17, 15) is 4.39 Å². The van der Waals surface area contributed by atoms with Crippen molar-refractivity contribution in [1.29, 1.82) is 0 Å². The third-order valence-electron chi connectivity index (χ3n) is 4.27. The van der Waals surface area contributed by atoms with Crippen molar-refractivity contribution in [1.82, 2.24) is 4.90 Å². The van der Waals surface area contributed by atoms with Crippen LogP contribution in [0.4, 0.5) is 4.39 Å². The first-order chi connectivity index (χ1) is 9.79. The van der Waals surface area contributed by atoms with Gasteiger partial charge in [0.15, 0.2) is 0 Å². The minimum Gasteiger partial charge on any atom is -0.330 e. The van der Waals surface area contributed by atoms with Gasteiger partial charge in [0.2, 0.25) is 0 Å². The topological polar surface area (TPSA) is 29.3 Å². The molecule has 0 aliphatic heterocycles. The van der Waals surface area contributed by atoms with Crippen molar-refractivity contribution in [2.45, 2.75) is 57.5 Å². The summed E-state index contributed by atoms with van der Waals surface area (Å²) in [7, 11) is 0. The molecule has 0 aromatic heterocycles. The Balaban J connectivity index is 2.01. The Labute approximate surface area is 122 Å². The summed E-state index contributed by atoms with van der Waals surface area (Å²) >= 11 is 0. The monoisotopic (exact) mass is 278 g/mol. The highest BCUT2D eigenvalue weighted by Gasteiger charge is 2.19. The van der Waals surface area contributed by atoms with E-state index in [2.05, 4.69) is 4.90 Å². The molecule has 0 heterocycles. The Kier molecular flexibility index (Phi) is 6.48. The Bertz CT molecular complexity index is 386. The normalized spacial score (nSPS) is 17.4. The van der Waals surface area contributed by atoms with Gasteiger partial charge < -0.3 is 5.73 Å². The molecule has 0 amide bonds. The molecule has 0 bridgehead atoms. The summed E-state index contributed by atoms with van der Waals surface area (Å²) in [5.41, 5.74) is 6.74. The van der Waals surface area contributed by atoms with E-state index in [4.69, 9.17) is 5.73 Å². The fraction of sp³-hybridized carbons (Fsp3) is 0.647. The molecule has 0 saturated heterocycles. The third kappa shape index (κ3) is 4.88. The second-order valence-electron chi connectivity index (χ2n) is 5.89. The SMILES string of the molecule is NCCCN(Cc1cccc(F)c1)C1CCCCCC1. The first-order valence-electron chi connectivity index (χ1n) is 7.98. The summed E-state index contributed by atoms with van der Waals surface area (Å²) in [6.45, 7) is 2.60. The van der Waals surface area contributed by atoms with Crippen molar-refractivity contribution in [3.8, 4) is 0 Å². The van der Waals surface area contributed by atoms with Gasteiger partial charge in [0, 0.05) is 12.6 Å². The maximum Gasteiger partial charge on any atom is 0.123 e. The minimum atomic E-state index is -0.137. The van der Waals surface area contributed by atoms with Gasteiger partial charge in [0.1, 0.15) is 5.82 Å². The van der Waals surface area contributed by atoms with Crippen LogP contribution in [0.5, 0.6) is 0 Å². The van der Waals surface area contributed by atoms with E-state index in [1.807, 2.05) is 6.07 Å². The summed E-state index contributed by atoms with van der Waals surface area (Å²) in [5, 5.41) is 0. The highest BCUT2D eigenvalue weighted by Crippen LogP contribution is 2.23. The molecule has 20 heavy (non-hydrogen) atoms. The Morgan fingerprint density at radius 2 is 1.90 bits per heavy atom. The molecule has 1 fully saturated rings. The van der Waals surface area contributed by atoms with E-state index in [1.54, 1.807) is 12.1 Å². The summed E-state index contributed by atoms with van der Waals surface area (Å²) in [6.07, 6.45) is 8.95. The second kappa shape index (κ2) is 8.38. The predicted molar refractivity (Wildman–Crippen MR) is 82.0 cm³/mol. The third-order valence-corrected chi connectivity index (χ3v) is 4.27. The summed E-state index contributed by atoms with van der Waals surface area (Å²) < 4.78 is 13.3. The predicted octanol–water partition coefficient (Wildman–Crippen LogP) is 3.70. The van der Waals surface area contributed by atoms with Crippen LogP contribution in [0.1, 0.15) is 50.5 Å². The average molecular weight is 278 g/mol. The number of benzene rings is 1. The van der Waals surface area contributed by atoms with Crippen LogP contribution in [0.25, 0.3) is 0 Å². The molecule has 1 aliphatic carbocycles. The molecule has 2 nitrogen and oxygen atoms in total. The zero-order valence-corrected chi connectivity index (χ0v) is 12.4. The molecule has 2 rings (SSSR count). The molecule has 0 radical (unpaired) electrons. The lowest BCUT2D eigenvalue weighted by Gasteiger charge is -2.31. The van der Waals surface area contributed by atoms with E-state index >= 15 is 0 Å². The van der Waals surface area contributed by atoms with Crippen LogP contribution in [-0.2, 0) is 6.54 Å². The van der Waals surface area contributed by atoms with E-state index in [1.165, 1.54) is 44.6 Å². The van der Waals surface area contributed by atoms with Gasteiger partial charge in [-0.25, -0.2) is 4.39 Å². The van der Waals surface area contributed by atoms with Crippen LogP contribution in [0.15, 0.2) is 24.3 Å². The zero-order valence-electron chi connectivity index (χ0n) is 12.4. The highest BCUT2D eigenvalue weighted by molar-refractivity contribution is 5.16. The van der Waals surface area contributed by atoms with E-state index in [-0.39, 0.29) is 5.82 Å². The molecule has 1 aromatic rings. The van der Waals surface area contributed by atoms with E-state index in [0.717, 1.165) is 31.6 Å². The van der Waals surface area contributed by atoms with Crippen molar-refractivity contribution in [3.05, 3.63) is 35.6 Å². The number of hydrogen-bond acceptors (Lipinski definition) is 2. The highest BCUT2D eigenvalue weighted by atomic mass is 19.1. The molecule has 2 N–H and O–H groups in total. The van der Waals surface area contributed by atoms with Crippen molar-refractivity contribution in [3.63, 3.8) is 0 Å². The van der Waals surface area contributed by atoms with Gasteiger partial charge in [-0.2, -0.15) is 0 Å². The van der Waals surface area contributed by atoms with Crippen LogP contribution >= 0.6 is 0 Å². The smallest absolute Gasteiger partial charge is 0.123 e. The van der Waals surface area contributed by atoms with Gasteiger partial charge in [0.05, 0.1) is 0 Å². The zero-order chi connectivity index (χ0) is 14.2. The lowest BCUT2D eigenvalue weighted by atomic mass is 10.1. The maximum atomic E-state index is 13.3. The number of hydrogen-bond donors (Lipinski definition) is 1. The van der Waals surface area contributed by atoms with Gasteiger partial charge >= 0.3 is 0 Å². The maximum absolute atomic E-state index is 13.3. The quantitative estimate of drug-likeness (QED) is 0.804. The van der Waals surface area contributed by atoms with Crippen molar-refractivity contribution < 1.29 is 4.39 Å². The van der Waals surface area contributed by atoms with Gasteiger partial charge in [-0.05, 0) is 50.0 Å². The fourth-order valence-corrected chi connectivity index (χ4v) is 3.18. The molecule has 1 saturated carbocycles. The lowest BCUT2D eigenvalue weighted by molar-refractivity contribution is 0.169. The summed E-state index contributed by atoms with van der Waals surface area (Å²) in [4.78, 5) is 2.52. The number of nitrogens with zero attached hydrogens (tertiary/aromatic N) is 1. The molecule has 0 atom stereocenters. The standard InChI is InChI=1S/C17H27FN2/c18-16-8-5-7-15(13-16)14-20(12-6-11-19)17-9-3-1-2-4-10-17/h5,7-8,13,17H,1-4,6,9-12,14,19H2. The molecule has 3 heteroatoms. The molecule has 0 spiro atoms. The van der Waals surface area contributed by atoms with Crippen molar-refractivity contribution >= 4 is 0 Å². The van der Waals surface area contributed by atoms with Gasteiger partial charge in [-0.1, -0.05) is 37.8 Å². The van der Waals surface area contributed by atoms with Crippen molar-refractivity contribution in [2.75, 3.05) is 13.1 Å². The minimum absolute atomic E-state index is 0.137. The van der Waals surface area contributed by atoms with Crippen molar-refractivity contribution in [2.24, 2.45) is 5.73 Å². The van der Waals surface area contributed by atoms with Crippen LogP contribution in [0, 0.1) is 5.82 Å². The van der Waals surface area contributed by atoms with Crippen LogP contribution in [0.3, 0.4) is 0 Å². The summed E-state index contributed by atoms with van der Waals surface area (Å²) in [6, 6.07) is 7.65. The van der Waals surface area contributed by atoms with Gasteiger partial charge in [-0.15, -0.1) is 0 Å². The lowest BCUT2D eigenvalue weighted by Crippen LogP contribution is -2.36. The Morgan fingerprint density at radius 3 is 2.55 bits per heavy atom. The van der Waals surface area contributed by atoms with E-state index < -0.39 is 0 Å². The van der Waals surface area contributed by atoms with Gasteiger partial charge in [-0.3, -0.25) is 4.90 Å². The molecule has 1 aliphatic rings. The van der Waals surface area contributed by atoms with E-state index in [0.29, 0.717) is 6.04 Å². The largest absolute Gasteiger partial charge is 0.330 e. The van der Waals surface area contributed by atoms with Crippen LogP contribution in [-0.4, -0.2) is 24.0 Å². The molecule has 0 unspecified atom stereocenters. The molecule has 112 valence electrons. The fourth-order valence-electron chi connectivity index (χ4n) is 3.18. The number of halogens is 1. The Morgan fingerprint density at radius 1 is 1.15 bits per heavy atom. The number of nitrogens with two attached hydrogens (primary N) is 1. The first kappa shape index (κ1) is 15.5. The Hall–Kier alpha value is -0.930. The second-order valence-corrected chi connectivity index (χ2v) is 5.89. The first-order valence-corrected chi connectivity index (χ1v) is 7.98. The molecular formula is C17H27FN2. The molecular weight excluding hydrogens is 251 g/mol.